The Bertz CT molecular complexity index is 327. The van der Waals surface area contributed by atoms with Crippen molar-refractivity contribution in [3.63, 3.8) is 0 Å². The number of benzene rings is 1. The molecule has 3 heteroatoms. The maximum Gasteiger partial charge on any atom is 0.127 e. The molecule has 0 radical (unpaired) electrons. The smallest absolute Gasteiger partial charge is 0.127 e. The molecule has 15 heavy (non-hydrogen) atoms. The third-order valence-electron chi connectivity index (χ3n) is 3.09. The summed E-state index contributed by atoms with van der Waals surface area (Å²) in [6.45, 7) is 0.949. The Labute approximate surface area is 89.9 Å². The first-order valence-corrected chi connectivity index (χ1v) is 5.46. The maximum absolute atomic E-state index is 13.5. The summed E-state index contributed by atoms with van der Waals surface area (Å²) < 4.78 is 13.5. The van der Waals surface area contributed by atoms with E-state index in [2.05, 4.69) is 10.6 Å². The van der Waals surface area contributed by atoms with E-state index in [0.29, 0.717) is 6.04 Å². The summed E-state index contributed by atoms with van der Waals surface area (Å²) >= 11 is 0. The Morgan fingerprint density at radius 1 is 1.40 bits per heavy atom. The van der Waals surface area contributed by atoms with Crippen LogP contribution >= 0.6 is 0 Å². The van der Waals surface area contributed by atoms with Gasteiger partial charge in [0.05, 0.1) is 0 Å². The molecule has 2 rings (SSSR count). The summed E-state index contributed by atoms with van der Waals surface area (Å²) in [7, 11) is 1.97. The summed E-state index contributed by atoms with van der Waals surface area (Å²) in [6.07, 6.45) is 2.07. The van der Waals surface area contributed by atoms with Crippen LogP contribution in [-0.4, -0.2) is 19.6 Å². The number of piperidine rings is 1. The minimum absolute atomic E-state index is 0.105. The van der Waals surface area contributed by atoms with Crippen molar-refractivity contribution in [2.75, 3.05) is 13.6 Å². The lowest BCUT2D eigenvalue weighted by Crippen LogP contribution is -2.40. The van der Waals surface area contributed by atoms with Crippen LogP contribution in [0.5, 0.6) is 0 Å². The van der Waals surface area contributed by atoms with Crippen LogP contribution in [-0.2, 0) is 0 Å². The monoisotopic (exact) mass is 208 g/mol. The highest BCUT2D eigenvalue weighted by Gasteiger charge is 2.23. The lowest BCUT2D eigenvalue weighted by Gasteiger charge is -2.30. The van der Waals surface area contributed by atoms with Gasteiger partial charge in [-0.1, -0.05) is 18.2 Å². The molecular formula is C12H17FN2. The Hall–Kier alpha value is -0.930. The molecule has 2 nitrogen and oxygen atoms in total. The molecular weight excluding hydrogens is 191 g/mol. The van der Waals surface area contributed by atoms with E-state index in [1.807, 2.05) is 19.2 Å². The molecule has 1 aliphatic rings. The maximum atomic E-state index is 13.5. The number of nitrogens with one attached hydrogen (secondary N) is 2. The number of hydrogen-bond donors (Lipinski definition) is 2. The van der Waals surface area contributed by atoms with Gasteiger partial charge in [0.1, 0.15) is 5.82 Å². The van der Waals surface area contributed by atoms with E-state index in [-0.39, 0.29) is 11.9 Å². The average molecular weight is 208 g/mol. The normalized spacial score (nSPS) is 26.5. The van der Waals surface area contributed by atoms with Crippen LogP contribution in [0.2, 0.25) is 0 Å². The van der Waals surface area contributed by atoms with Crippen LogP contribution in [0.1, 0.15) is 24.4 Å². The molecule has 0 saturated carbocycles. The van der Waals surface area contributed by atoms with Gasteiger partial charge in [0.2, 0.25) is 0 Å². The second-order valence-electron chi connectivity index (χ2n) is 4.04. The van der Waals surface area contributed by atoms with Gasteiger partial charge < -0.3 is 10.6 Å². The molecule has 1 aromatic rings. The highest BCUT2D eigenvalue weighted by Crippen LogP contribution is 2.24. The molecule has 1 saturated heterocycles. The lowest BCUT2D eigenvalue weighted by molar-refractivity contribution is 0.330. The van der Waals surface area contributed by atoms with Gasteiger partial charge in [0.15, 0.2) is 0 Å². The number of hydrogen-bond acceptors (Lipinski definition) is 2. The fourth-order valence-electron chi connectivity index (χ4n) is 2.17. The molecule has 0 bridgehead atoms. The molecule has 2 unspecified atom stereocenters. The molecule has 1 heterocycles. The summed E-state index contributed by atoms with van der Waals surface area (Å²) in [6, 6.07) is 7.67. The van der Waals surface area contributed by atoms with E-state index in [1.54, 1.807) is 6.07 Å². The Morgan fingerprint density at radius 3 is 2.93 bits per heavy atom. The molecule has 2 atom stereocenters. The predicted molar refractivity (Wildman–Crippen MR) is 59.2 cm³/mol. The molecule has 0 amide bonds. The molecule has 1 fully saturated rings. The molecule has 0 aliphatic carbocycles. The van der Waals surface area contributed by atoms with Gasteiger partial charge in [-0.3, -0.25) is 0 Å². The third-order valence-corrected chi connectivity index (χ3v) is 3.09. The summed E-state index contributed by atoms with van der Waals surface area (Å²) in [5, 5.41) is 6.62. The SMILES string of the molecule is CNC1CCNC(c2ccccc2F)C1. The van der Waals surface area contributed by atoms with E-state index in [9.17, 15) is 4.39 Å². The first-order chi connectivity index (χ1) is 7.31. The van der Waals surface area contributed by atoms with Crippen LogP contribution in [0.15, 0.2) is 24.3 Å². The van der Waals surface area contributed by atoms with Gasteiger partial charge in [0, 0.05) is 17.6 Å². The van der Waals surface area contributed by atoms with Gasteiger partial charge in [-0.25, -0.2) is 4.39 Å². The van der Waals surface area contributed by atoms with Gasteiger partial charge in [0.25, 0.3) is 0 Å². The van der Waals surface area contributed by atoms with E-state index in [4.69, 9.17) is 0 Å². The highest BCUT2D eigenvalue weighted by molar-refractivity contribution is 5.22. The fourth-order valence-corrected chi connectivity index (χ4v) is 2.17. The predicted octanol–water partition coefficient (Wildman–Crippen LogP) is 1.84. The largest absolute Gasteiger partial charge is 0.317 e. The van der Waals surface area contributed by atoms with Gasteiger partial charge in [-0.05, 0) is 32.5 Å². The second-order valence-corrected chi connectivity index (χ2v) is 4.04. The van der Waals surface area contributed by atoms with Gasteiger partial charge in [-0.15, -0.1) is 0 Å². The van der Waals surface area contributed by atoms with Crippen molar-refractivity contribution in [1.82, 2.24) is 10.6 Å². The minimum atomic E-state index is -0.105. The van der Waals surface area contributed by atoms with E-state index < -0.39 is 0 Å². The van der Waals surface area contributed by atoms with Crippen LogP contribution in [0, 0.1) is 5.82 Å². The number of halogens is 1. The van der Waals surface area contributed by atoms with Crippen LogP contribution in [0.25, 0.3) is 0 Å². The van der Waals surface area contributed by atoms with Crippen molar-refractivity contribution < 1.29 is 4.39 Å². The number of rotatable bonds is 2. The molecule has 82 valence electrons. The summed E-state index contributed by atoms with van der Waals surface area (Å²) in [5.74, 6) is -0.105. The zero-order valence-corrected chi connectivity index (χ0v) is 8.96. The summed E-state index contributed by atoms with van der Waals surface area (Å²) in [4.78, 5) is 0. The Kier molecular flexibility index (Phi) is 3.34. The standard InChI is InChI=1S/C12H17FN2/c1-14-9-6-7-15-12(8-9)10-4-2-3-5-11(10)13/h2-5,9,12,14-15H,6-8H2,1H3. The van der Waals surface area contributed by atoms with Gasteiger partial charge >= 0.3 is 0 Å². The van der Waals surface area contributed by atoms with E-state index in [0.717, 1.165) is 24.9 Å². The molecule has 2 N–H and O–H groups in total. The highest BCUT2D eigenvalue weighted by atomic mass is 19.1. The Balaban J connectivity index is 2.13. The zero-order valence-electron chi connectivity index (χ0n) is 8.96. The van der Waals surface area contributed by atoms with Crippen LogP contribution < -0.4 is 10.6 Å². The van der Waals surface area contributed by atoms with E-state index in [1.165, 1.54) is 6.07 Å². The lowest BCUT2D eigenvalue weighted by atomic mass is 9.93. The minimum Gasteiger partial charge on any atom is -0.317 e. The van der Waals surface area contributed by atoms with Crippen LogP contribution in [0.4, 0.5) is 4.39 Å². The van der Waals surface area contributed by atoms with Crippen molar-refractivity contribution in [1.29, 1.82) is 0 Å². The van der Waals surface area contributed by atoms with Crippen molar-refractivity contribution in [3.8, 4) is 0 Å². The topological polar surface area (TPSA) is 24.1 Å². The zero-order chi connectivity index (χ0) is 10.7. The molecule has 0 aromatic heterocycles. The van der Waals surface area contributed by atoms with Crippen molar-refractivity contribution in [3.05, 3.63) is 35.6 Å². The fraction of sp³-hybridized carbons (Fsp3) is 0.500. The molecule has 1 aromatic carbocycles. The van der Waals surface area contributed by atoms with Crippen molar-refractivity contribution in [2.45, 2.75) is 24.9 Å². The van der Waals surface area contributed by atoms with Gasteiger partial charge in [-0.2, -0.15) is 0 Å². The van der Waals surface area contributed by atoms with Crippen molar-refractivity contribution in [2.24, 2.45) is 0 Å². The second kappa shape index (κ2) is 4.73. The van der Waals surface area contributed by atoms with Crippen molar-refractivity contribution >= 4 is 0 Å². The average Bonchev–Trinajstić information content (AvgIpc) is 2.30. The van der Waals surface area contributed by atoms with Crippen LogP contribution in [0.3, 0.4) is 0 Å². The first kappa shape index (κ1) is 10.6. The molecule has 0 spiro atoms. The Morgan fingerprint density at radius 2 is 2.20 bits per heavy atom. The third kappa shape index (κ3) is 2.36. The molecule has 1 aliphatic heterocycles. The first-order valence-electron chi connectivity index (χ1n) is 5.46. The van der Waals surface area contributed by atoms with E-state index >= 15 is 0 Å². The quantitative estimate of drug-likeness (QED) is 0.775. The summed E-state index contributed by atoms with van der Waals surface area (Å²) in [5.41, 5.74) is 0.789.